The van der Waals surface area contributed by atoms with E-state index in [0.717, 1.165) is 11.3 Å². The van der Waals surface area contributed by atoms with Crippen molar-refractivity contribution in [1.29, 1.82) is 0 Å². The van der Waals surface area contributed by atoms with Crippen molar-refractivity contribution in [1.82, 2.24) is 24.5 Å². The van der Waals surface area contributed by atoms with Gasteiger partial charge in [0.1, 0.15) is 18.3 Å². The van der Waals surface area contributed by atoms with Gasteiger partial charge >= 0.3 is 0 Å². The van der Waals surface area contributed by atoms with Crippen LogP contribution in [0.1, 0.15) is 11.3 Å². The Hall–Kier alpha value is -2.70. The molecule has 0 unspecified atom stereocenters. The summed E-state index contributed by atoms with van der Waals surface area (Å²) in [5.74, 6) is -0.353. The Kier molecular flexibility index (Phi) is 3.39. The maximum Gasteiger partial charge on any atom is 0.150 e. The number of hydrogen-bond acceptors (Lipinski definition) is 4. The number of benzene rings is 1. The Bertz CT molecular complexity index is 747. The highest BCUT2D eigenvalue weighted by Crippen LogP contribution is 2.18. The molecule has 0 saturated carbocycles. The molecule has 3 aromatic rings. The third kappa shape index (κ3) is 2.62. The van der Waals surface area contributed by atoms with E-state index in [4.69, 9.17) is 0 Å². The van der Waals surface area contributed by atoms with Gasteiger partial charge in [-0.2, -0.15) is 10.2 Å². The molecule has 0 aliphatic carbocycles. The second kappa shape index (κ2) is 5.35. The molecule has 1 aromatic carbocycles. The summed E-state index contributed by atoms with van der Waals surface area (Å²) < 4.78 is 17.3. The molecule has 0 bridgehead atoms. The van der Waals surface area contributed by atoms with E-state index in [2.05, 4.69) is 20.5 Å². The molecule has 0 fully saturated rings. The van der Waals surface area contributed by atoms with Gasteiger partial charge in [-0.25, -0.2) is 14.1 Å². The Morgan fingerprint density at radius 3 is 2.76 bits per heavy atom. The number of rotatable bonds is 4. The van der Waals surface area contributed by atoms with Gasteiger partial charge in [-0.1, -0.05) is 0 Å². The topological polar surface area (TPSA) is 60.6 Å². The lowest BCUT2D eigenvalue weighted by Gasteiger charge is -2.08. The Morgan fingerprint density at radius 2 is 2.14 bits per heavy atom. The van der Waals surface area contributed by atoms with Gasteiger partial charge in [0.05, 0.1) is 6.20 Å². The normalized spacial score (nSPS) is 10.8. The second-order valence-corrected chi connectivity index (χ2v) is 4.74. The van der Waals surface area contributed by atoms with Gasteiger partial charge in [-0.05, 0) is 25.1 Å². The molecule has 2 heterocycles. The highest BCUT2D eigenvalue weighted by Gasteiger charge is 2.07. The lowest BCUT2D eigenvalue weighted by molar-refractivity contribution is 0.611. The average molecular weight is 286 g/mol. The van der Waals surface area contributed by atoms with Crippen molar-refractivity contribution in [2.45, 2.75) is 13.5 Å². The van der Waals surface area contributed by atoms with Crippen molar-refractivity contribution in [2.75, 3.05) is 5.32 Å². The van der Waals surface area contributed by atoms with Crippen LogP contribution in [0.15, 0.2) is 37.1 Å². The third-order valence-corrected chi connectivity index (χ3v) is 3.43. The van der Waals surface area contributed by atoms with E-state index < -0.39 is 0 Å². The monoisotopic (exact) mass is 286 g/mol. The van der Waals surface area contributed by atoms with Gasteiger partial charge in [0, 0.05) is 30.5 Å². The number of hydrogen-bond donors (Lipinski definition) is 1. The molecule has 0 saturated heterocycles. The maximum absolute atomic E-state index is 14.1. The lowest BCUT2D eigenvalue weighted by atomic mass is 10.2. The summed E-state index contributed by atoms with van der Waals surface area (Å²) in [5, 5.41) is 11.3. The fourth-order valence-corrected chi connectivity index (χ4v) is 2.05. The van der Waals surface area contributed by atoms with Crippen molar-refractivity contribution in [3.05, 3.63) is 54.1 Å². The molecule has 21 heavy (non-hydrogen) atoms. The molecular formula is C14H15FN6. The van der Waals surface area contributed by atoms with Gasteiger partial charge < -0.3 is 5.32 Å². The molecule has 0 aliphatic heterocycles. The number of anilines is 1. The zero-order chi connectivity index (χ0) is 14.8. The molecule has 3 rings (SSSR count). The Labute approximate surface area is 121 Å². The molecule has 0 amide bonds. The van der Waals surface area contributed by atoms with Crippen LogP contribution in [-0.4, -0.2) is 24.5 Å². The minimum atomic E-state index is -0.353. The molecule has 108 valence electrons. The van der Waals surface area contributed by atoms with Crippen molar-refractivity contribution in [2.24, 2.45) is 7.05 Å². The van der Waals surface area contributed by atoms with Crippen LogP contribution in [0.3, 0.4) is 0 Å². The third-order valence-electron chi connectivity index (χ3n) is 3.43. The summed E-state index contributed by atoms with van der Waals surface area (Å²) in [6.07, 6.45) is 4.64. The summed E-state index contributed by atoms with van der Waals surface area (Å²) in [6.45, 7) is 2.60. The summed E-state index contributed by atoms with van der Waals surface area (Å²) >= 11 is 0. The van der Waals surface area contributed by atoms with Crippen LogP contribution >= 0.6 is 0 Å². The highest BCUT2D eigenvalue weighted by atomic mass is 19.1. The van der Waals surface area contributed by atoms with E-state index in [1.165, 1.54) is 23.4 Å². The molecule has 6 nitrogen and oxygen atoms in total. The van der Waals surface area contributed by atoms with Crippen LogP contribution in [0.2, 0.25) is 0 Å². The standard InChI is InChI=1S/C14H15FN6/c1-10-11(7-18-20(10)2)6-17-12-3-4-14(13(15)5-12)21-9-16-8-19-21/h3-5,7-9,17H,6H2,1-2H3. The first-order chi connectivity index (χ1) is 10.1. The largest absolute Gasteiger partial charge is 0.381 e. The summed E-state index contributed by atoms with van der Waals surface area (Å²) in [5.41, 5.74) is 3.25. The Morgan fingerprint density at radius 1 is 1.29 bits per heavy atom. The first-order valence-corrected chi connectivity index (χ1v) is 6.51. The van der Waals surface area contributed by atoms with Crippen LogP contribution in [-0.2, 0) is 13.6 Å². The minimum Gasteiger partial charge on any atom is -0.381 e. The average Bonchev–Trinajstić information content (AvgIpc) is 3.09. The molecular weight excluding hydrogens is 271 g/mol. The maximum atomic E-state index is 14.1. The molecule has 0 aliphatic rings. The van der Waals surface area contributed by atoms with Gasteiger partial charge in [0.25, 0.3) is 0 Å². The van der Waals surface area contributed by atoms with Crippen molar-refractivity contribution in [3.8, 4) is 5.69 Å². The predicted octanol–water partition coefficient (Wildman–Crippen LogP) is 2.06. The highest BCUT2D eigenvalue weighted by molar-refractivity contribution is 5.49. The van der Waals surface area contributed by atoms with E-state index in [1.54, 1.807) is 6.07 Å². The zero-order valence-corrected chi connectivity index (χ0v) is 11.8. The van der Waals surface area contributed by atoms with E-state index in [1.807, 2.05) is 30.9 Å². The zero-order valence-electron chi connectivity index (χ0n) is 11.8. The van der Waals surface area contributed by atoms with Crippen LogP contribution in [0.25, 0.3) is 5.69 Å². The summed E-state index contributed by atoms with van der Waals surface area (Å²) in [7, 11) is 1.89. The quantitative estimate of drug-likeness (QED) is 0.797. The van der Waals surface area contributed by atoms with Gasteiger partial charge in [-0.3, -0.25) is 4.68 Å². The number of aryl methyl sites for hydroxylation is 1. The number of halogens is 1. The first-order valence-electron chi connectivity index (χ1n) is 6.51. The summed E-state index contributed by atoms with van der Waals surface area (Å²) in [4.78, 5) is 3.81. The molecule has 7 heteroatoms. The molecule has 1 N–H and O–H groups in total. The molecule has 0 spiro atoms. The summed E-state index contributed by atoms with van der Waals surface area (Å²) in [6, 6.07) is 4.93. The first kappa shape index (κ1) is 13.3. The van der Waals surface area contributed by atoms with E-state index in [-0.39, 0.29) is 5.82 Å². The fourth-order valence-electron chi connectivity index (χ4n) is 2.05. The van der Waals surface area contributed by atoms with Crippen molar-refractivity contribution < 1.29 is 4.39 Å². The second-order valence-electron chi connectivity index (χ2n) is 4.74. The van der Waals surface area contributed by atoms with Crippen LogP contribution in [0.5, 0.6) is 0 Å². The smallest absolute Gasteiger partial charge is 0.150 e. The van der Waals surface area contributed by atoms with Crippen LogP contribution < -0.4 is 5.32 Å². The predicted molar refractivity (Wildman–Crippen MR) is 76.6 cm³/mol. The Balaban J connectivity index is 1.75. The molecule has 2 aromatic heterocycles. The van der Waals surface area contributed by atoms with Crippen LogP contribution in [0, 0.1) is 12.7 Å². The van der Waals surface area contributed by atoms with Crippen molar-refractivity contribution in [3.63, 3.8) is 0 Å². The molecule has 0 radical (unpaired) electrons. The number of aromatic nitrogens is 5. The minimum absolute atomic E-state index is 0.353. The van der Waals surface area contributed by atoms with Crippen molar-refractivity contribution >= 4 is 5.69 Å². The lowest BCUT2D eigenvalue weighted by Crippen LogP contribution is -2.03. The molecule has 0 atom stereocenters. The van der Waals surface area contributed by atoms with Crippen LogP contribution in [0.4, 0.5) is 10.1 Å². The SMILES string of the molecule is Cc1c(CNc2ccc(-n3cncn3)c(F)c2)cnn1C. The van der Waals surface area contributed by atoms with Gasteiger partial charge in [0.15, 0.2) is 5.82 Å². The van der Waals surface area contributed by atoms with E-state index in [9.17, 15) is 4.39 Å². The van der Waals surface area contributed by atoms with E-state index >= 15 is 0 Å². The van der Waals surface area contributed by atoms with E-state index in [0.29, 0.717) is 17.9 Å². The fraction of sp³-hybridized carbons (Fsp3) is 0.214. The van der Waals surface area contributed by atoms with Gasteiger partial charge in [-0.15, -0.1) is 0 Å². The number of nitrogens with zero attached hydrogens (tertiary/aromatic N) is 5. The number of nitrogens with one attached hydrogen (secondary N) is 1. The van der Waals surface area contributed by atoms with Gasteiger partial charge in [0.2, 0.25) is 0 Å².